The molecule has 0 bridgehead atoms. The van der Waals surface area contributed by atoms with Gasteiger partial charge in [0.05, 0.1) is 13.2 Å². The summed E-state index contributed by atoms with van der Waals surface area (Å²) in [5, 5.41) is 37.6. The fourth-order valence-electron chi connectivity index (χ4n) is 2.58. The summed E-state index contributed by atoms with van der Waals surface area (Å²) in [6.45, 7) is -0.325. The van der Waals surface area contributed by atoms with Crippen molar-refractivity contribution in [3.8, 4) is 23.0 Å². The van der Waals surface area contributed by atoms with Crippen molar-refractivity contribution in [3.63, 3.8) is 0 Å². The van der Waals surface area contributed by atoms with E-state index in [2.05, 4.69) is 0 Å². The third-order valence-electron chi connectivity index (χ3n) is 3.76. The Balaban J connectivity index is 1.94. The minimum absolute atomic E-state index is 0.0591. The summed E-state index contributed by atoms with van der Waals surface area (Å²) < 4.78 is 11.7. The van der Waals surface area contributed by atoms with Gasteiger partial charge in [-0.3, -0.25) is 0 Å². The number of ether oxygens (including phenoxy) is 2. The van der Waals surface area contributed by atoms with E-state index in [0.29, 0.717) is 17.1 Å². The first kappa shape index (κ1) is 16.2. The lowest BCUT2D eigenvalue weighted by molar-refractivity contribution is -0.0124. The van der Waals surface area contributed by atoms with Gasteiger partial charge in [-0.15, -0.1) is 0 Å². The molecule has 1 aliphatic rings. The van der Waals surface area contributed by atoms with Crippen LogP contribution in [0.2, 0.25) is 0 Å². The summed E-state index contributed by atoms with van der Waals surface area (Å²) >= 11 is 0. The fraction of sp³-hybridized carbons (Fsp3) is 0.222. The van der Waals surface area contributed by atoms with E-state index in [0.717, 1.165) is 5.56 Å². The molecule has 4 N–H and O–H groups in total. The van der Waals surface area contributed by atoms with Crippen molar-refractivity contribution >= 4 is 6.08 Å². The van der Waals surface area contributed by atoms with Gasteiger partial charge >= 0.3 is 0 Å². The Bertz CT molecular complexity index is 755. The van der Waals surface area contributed by atoms with Crippen LogP contribution in [0.5, 0.6) is 23.0 Å². The maximum absolute atomic E-state index is 9.68. The molecular weight excluding hydrogens is 312 g/mol. The lowest BCUT2D eigenvalue weighted by Crippen LogP contribution is -2.36. The van der Waals surface area contributed by atoms with Crippen LogP contribution in [0, 0.1) is 0 Å². The van der Waals surface area contributed by atoms with E-state index in [1.165, 1.54) is 12.1 Å². The van der Waals surface area contributed by atoms with E-state index < -0.39 is 12.2 Å². The monoisotopic (exact) mass is 330 g/mol. The molecule has 6 heteroatoms. The van der Waals surface area contributed by atoms with Gasteiger partial charge in [0.2, 0.25) is 0 Å². The molecule has 1 heterocycles. The third kappa shape index (κ3) is 3.15. The van der Waals surface area contributed by atoms with Crippen LogP contribution in [0.15, 0.2) is 42.5 Å². The molecule has 3 rings (SSSR count). The zero-order chi connectivity index (χ0) is 17.1. The zero-order valence-electron chi connectivity index (χ0n) is 12.8. The SMILES string of the molecule is OCC=Cc1ccc2c(c1)O[C@H](c1ccc(O)c(O)c1)[C@@H](CO)O2. The zero-order valence-corrected chi connectivity index (χ0v) is 12.8. The molecule has 126 valence electrons. The second kappa shape index (κ2) is 6.82. The van der Waals surface area contributed by atoms with Crippen molar-refractivity contribution in [1.29, 1.82) is 0 Å². The van der Waals surface area contributed by atoms with Gasteiger partial charge in [0.15, 0.2) is 35.2 Å². The second-order valence-electron chi connectivity index (χ2n) is 5.42. The Hall–Kier alpha value is -2.70. The van der Waals surface area contributed by atoms with Gasteiger partial charge in [-0.2, -0.15) is 0 Å². The third-order valence-corrected chi connectivity index (χ3v) is 3.76. The van der Waals surface area contributed by atoms with Crippen LogP contribution in [0.1, 0.15) is 17.2 Å². The Labute approximate surface area is 138 Å². The molecule has 0 aliphatic carbocycles. The van der Waals surface area contributed by atoms with Crippen LogP contribution < -0.4 is 9.47 Å². The van der Waals surface area contributed by atoms with Crippen LogP contribution in [0.25, 0.3) is 6.08 Å². The first-order chi connectivity index (χ1) is 11.6. The first-order valence-electron chi connectivity index (χ1n) is 7.50. The number of hydrogen-bond acceptors (Lipinski definition) is 6. The summed E-state index contributed by atoms with van der Waals surface area (Å²) in [7, 11) is 0. The van der Waals surface area contributed by atoms with E-state index >= 15 is 0 Å². The van der Waals surface area contributed by atoms with E-state index in [9.17, 15) is 15.3 Å². The maximum Gasteiger partial charge on any atom is 0.163 e. The van der Waals surface area contributed by atoms with Crippen molar-refractivity contribution in [2.45, 2.75) is 12.2 Å². The number of phenols is 2. The summed E-state index contributed by atoms with van der Waals surface area (Å²) in [6.07, 6.45) is 2.09. The van der Waals surface area contributed by atoms with Crippen LogP contribution in [-0.4, -0.2) is 39.7 Å². The lowest BCUT2D eigenvalue weighted by Gasteiger charge is -2.33. The molecule has 2 atom stereocenters. The van der Waals surface area contributed by atoms with Crippen molar-refractivity contribution in [2.24, 2.45) is 0 Å². The average molecular weight is 330 g/mol. The molecule has 2 aromatic rings. The molecular formula is C18H18O6. The lowest BCUT2D eigenvalue weighted by atomic mass is 10.0. The molecule has 0 unspecified atom stereocenters. The predicted molar refractivity (Wildman–Crippen MR) is 87.2 cm³/mol. The molecule has 0 radical (unpaired) electrons. The van der Waals surface area contributed by atoms with E-state index in [4.69, 9.17) is 14.6 Å². The van der Waals surface area contributed by atoms with Crippen LogP contribution in [-0.2, 0) is 0 Å². The van der Waals surface area contributed by atoms with Gasteiger partial charge in [-0.25, -0.2) is 0 Å². The Kier molecular flexibility index (Phi) is 4.59. The van der Waals surface area contributed by atoms with Gasteiger partial charge in [0.25, 0.3) is 0 Å². The first-order valence-corrected chi connectivity index (χ1v) is 7.50. The van der Waals surface area contributed by atoms with E-state index in [1.807, 2.05) is 6.07 Å². The van der Waals surface area contributed by atoms with Gasteiger partial charge in [0.1, 0.15) is 0 Å². The average Bonchev–Trinajstić information content (AvgIpc) is 2.61. The number of rotatable bonds is 4. The largest absolute Gasteiger partial charge is 0.504 e. The molecule has 1 aliphatic heterocycles. The standard InChI is InChI=1S/C18H18O6/c19-7-1-2-11-3-6-15-16(8-11)24-18(17(10-20)23-15)12-4-5-13(21)14(22)9-12/h1-6,8-9,17-22H,7,10H2/t17-,18-/m1/s1. The van der Waals surface area contributed by atoms with Crippen molar-refractivity contribution < 1.29 is 29.9 Å². The van der Waals surface area contributed by atoms with Crippen molar-refractivity contribution in [3.05, 3.63) is 53.6 Å². The Morgan fingerprint density at radius 3 is 2.46 bits per heavy atom. The van der Waals surface area contributed by atoms with Crippen molar-refractivity contribution in [1.82, 2.24) is 0 Å². The van der Waals surface area contributed by atoms with Crippen molar-refractivity contribution in [2.75, 3.05) is 13.2 Å². The van der Waals surface area contributed by atoms with Crippen LogP contribution in [0.4, 0.5) is 0 Å². The molecule has 0 spiro atoms. The van der Waals surface area contributed by atoms with E-state index in [1.54, 1.807) is 30.4 Å². The second-order valence-corrected chi connectivity index (χ2v) is 5.42. The van der Waals surface area contributed by atoms with Gasteiger partial charge < -0.3 is 29.9 Å². The normalized spacial score (nSPS) is 19.6. The number of aromatic hydroxyl groups is 2. The predicted octanol–water partition coefficient (Wildman–Crippen LogP) is 1.98. The topological polar surface area (TPSA) is 99.4 Å². The number of phenolic OH excluding ortho intramolecular Hbond substituents is 2. The molecule has 2 aromatic carbocycles. The summed E-state index contributed by atoms with van der Waals surface area (Å²) in [5.74, 6) is 0.512. The number of aliphatic hydroxyl groups excluding tert-OH is 2. The highest BCUT2D eigenvalue weighted by atomic mass is 16.6. The number of fused-ring (bicyclic) bond motifs is 1. The fourth-order valence-corrected chi connectivity index (χ4v) is 2.58. The molecule has 0 aromatic heterocycles. The molecule has 0 saturated carbocycles. The van der Waals surface area contributed by atoms with Gasteiger partial charge in [0, 0.05) is 5.56 Å². The highest BCUT2D eigenvalue weighted by Gasteiger charge is 2.33. The van der Waals surface area contributed by atoms with Gasteiger partial charge in [-0.1, -0.05) is 24.3 Å². The Morgan fingerprint density at radius 1 is 0.917 bits per heavy atom. The minimum atomic E-state index is -0.639. The highest BCUT2D eigenvalue weighted by molar-refractivity contribution is 5.56. The summed E-state index contributed by atoms with van der Waals surface area (Å²) in [6, 6.07) is 9.66. The molecule has 6 nitrogen and oxygen atoms in total. The van der Waals surface area contributed by atoms with Crippen LogP contribution >= 0.6 is 0 Å². The molecule has 0 amide bonds. The summed E-state index contributed by atoms with van der Waals surface area (Å²) in [4.78, 5) is 0. The molecule has 24 heavy (non-hydrogen) atoms. The molecule has 0 saturated heterocycles. The highest BCUT2D eigenvalue weighted by Crippen LogP contribution is 2.41. The number of benzene rings is 2. The Morgan fingerprint density at radius 2 is 1.75 bits per heavy atom. The maximum atomic E-state index is 9.68. The van der Waals surface area contributed by atoms with E-state index in [-0.39, 0.29) is 24.7 Å². The number of hydrogen-bond donors (Lipinski definition) is 4. The number of aliphatic hydroxyl groups is 2. The van der Waals surface area contributed by atoms with Gasteiger partial charge in [-0.05, 0) is 29.8 Å². The minimum Gasteiger partial charge on any atom is -0.504 e. The molecule has 0 fully saturated rings. The van der Waals surface area contributed by atoms with Crippen LogP contribution in [0.3, 0.4) is 0 Å². The smallest absolute Gasteiger partial charge is 0.163 e. The quantitative estimate of drug-likeness (QED) is 0.640. The summed E-state index contributed by atoms with van der Waals surface area (Å²) in [5.41, 5.74) is 1.41.